The Hall–Kier alpha value is -0.750. The van der Waals surface area contributed by atoms with Crippen LogP contribution >= 0.6 is 11.8 Å². The summed E-state index contributed by atoms with van der Waals surface area (Å²) in [5.41, 5.74) is 5.48. The zero-order valence-electron chi connectivity index (χ0n) is 9.65. The van der Waals surface area contributed by atoms with Crippen LogP contribution in [0.1, 0.15) is 20.8 Å². The molecule has 15 heavy (non-hydrogen) atoms. The molecule has 0 fully saturated rings. The number of hydrogen-bond acceptors (Lipinski definition) is 5. The van der Waals surface area contributed by atoms with E-state index < -0.39 is 0 Å². The third kappa shape index (κ3) is 4.09. The van der Waals surface area contributed by atoms with E-state index in [1.165, 1.54) is 0 Å². The molecule has 1 aromatic rings. The molecule has 0 amide bonds. The summed E-state index contributed by atoms with van der Waals surface area (Å²) in [6, 6.07) is 0. The maximum atomic E-state index is 5.59. The van der Waals surface area contributed by atoms with Gasteiger partial charge in [-0.25, -0.2) is 0 Å². The minimum absolute atomic E-state index is 0.0839. The quantitative estimate of drug-likeness (QED) is 0.624. The molecule has 0 bridgehead atoms. The Bertz CT molecular complexity index is 318. The number of nitrogens with zero attached hydrogens (tertiary/aromatic N) is 3. The molecule has 5 nitrogen and oxygen atoms in total. The van der Waals surface area contributed by atoms with Gasteiger partial charge >= 0.3 is 0 Å². The number of nitrogen functional groups attached to an aromatic ring is 1. The summed E-state index contributed by atoms with van der Waals surface area (Å²) in [6.07, 6.45) is 0. The molecule has 1 heterocycles. The van der Waals surface area contributed by atoms with Crippen LogP contribution in [0.5, 0.6) is 0 Å². The molecule has 0 aliphatic rings. The molecule has 0 saturated carbocycles. The molecule has 0 aliphatic heterocycles. The lowest BCUT2D eigenvalue weighted by atomic mass is 10.2. The molecule has 1 aromatic heterocycles. The van der Waals surface area contributed by atoms with Gasteiger partial charge in [-0.2, -0.15) is 0 Å². The van der Waals surface area contributed by atoms with E-state index in [2.05, 4.69) is 10.2 Å². The van der Waals surface area contributed by atoms with Gasteiger partial charge in [-0.05, 0) is 20.8 Å². The maximum Gasteiger partial charge on any atom is 0.222 e. The highest BCUT2D eigenvalue weighted by Crippen LogP contribution is 2.17. The molecular formula is C9H18N4OS. The van der Waals surface area contributed by atoms with Crippen LogP contribution in [0.3, 0.4) is 0 Å². The topological polar surface area (TPSA) is 66.0 Å². The van der Waals surface area contributed by atoms with Crippen LogP contribution in [0.25, 0.3) is 0 Å². The monoisotopic (exact) mass is 230 g/mol. The van der Waals surface area contributed by atoms with Gasteiger partial charge in [-0.15, -0.1) is 10.2 Å². The molecule has 86 valence electrons. The summed E-state index contributed by atoms with van der Waals surface area (Å²) < 4.78 is 7.35. The van der Waals surface area contributed by atoms with Crippen molar-refractivity contribution in [3.05, 3.63) is 0 Å². The highest BCUT2D eigenvalue weighted by molar-refractivity contribution is 7.99. The Morgan fingerprint density at radius 2 is 2.07 bits per heavy atom. The molecule has 0 saturated heterocycles. The van der Waals surface area contributed by atoms with Crippen LogP contribution in [-0.4, -0.2) is 32.7 Å². The Kier molecular flexibility index (Phi) is 3.98. The molecule has 0 spiro atoms. The van der Waals surface area contributed by atoms with E-state index in [0.29, 0.717) is 12.6 Å². The van der Waals surface area contributed by atoms with E-state index >= 15 is 0 Å². The summed E-state index contributed by atoms with van der Waals surface area (Å²) >= 11 is 1.59. The first-order valence-corrected chi connectivity index (χ1v) is 5.80. The van der Waals surface area contributed by atoms with E-state index in [1.54, 1.807) is 16.3 Å². The Morgan fingerprint density at radius 3 is 2.53 bits per heavy atom. The normalized spacial score (nSPS) is 12.0. The Balaban J connectivity index is 2.30. The fourth-order valence-electron chi connectivity index (χ4n) is 0.933. The highest BCUT2D eigenvalue weighted by atomic mass is 32.2. The highest BCUT2D eigenvalue weighted by Gasteiger charge is 2.10. The van der Waals surface area contributed by atoms with Crippen molar-refractivity contribution in [3.63, 3.8) is 0 Å². The minimum Gasteiger partial charge on any atom is -0.375 e. The van der Waals surface area contributed by atoms with Crippen molar-refractivity contribution in [2.24, 2.45) is 7.05 Å². The SMILES string of the molecule is Cn1c(N)nnc1SCCOC(C)(C)C. The number of aromatic nitrogens is 3. The first-order chi connectivity index (χ1) is 6.90. The molecule has 0 aromatic carbocycles. The van der Waals surface area contributed by atoms with Crippen molar-refractivity contribution in [2.75, 3.05) is 18.1 Å². The number of hydrogen-bond donors (Lipinski definition) is 1. The fourth-order valence-corrected chi connectivity index (χ4v) is 1.67. The third-order valence-electron chi connectivity index (χ3n) is 1.72. The average Bonchev–Trinajstić information content (AvgIpc) is 2.42. The molecule has 0 aliphatic carbocycles. The van der Waals surface area contributed by atoms with E-state index in [1.807, 2.05) is 27.8 Å². The van der Waals surface area contributed by atoms with Gasteiger partial charge in [-0.1, -0.05) is 11.8 Å². The molecule has 2 N–H and O–H groups in total. The average molecular weight is 230 g/mol. The molecule has 6 heteroatoms. The first-order valence-electron chi connectivity index (χ1n) is 4.82. The lowest BCUT2D eigenvalue weighted by Crippen LogP contribution is -2.20. The minimum atomic E-state index is -0.0839. The van der Waals surface area contributed by atoms with Gasteiger partial charge in [0.05, 0.1) is 12.2 Å². The summed E-state index contributed by atoms with van der Waals surface area (Å²) in [5.74, 6) is 1.29. The third-order valence-corrected chi connectivity index (χ3v) is 2.70. The van der Waals surface area contributed by atoms with E-state index in [9.17, 15) is 0 Å². The van der Waals surface area contributed by atoms with Crippen LogP contribution in [0.4, 0.5) is 5.95 Å². The number of rotatable bonds is 4. The molecule has 0 radical (unpaired) electrons. The molecule has 1 rings (SSSR count). The van der Waals surface area contributed by atoms with Crippen LogP contribution in [-0.2, 0) is 11.8 Å². The predicted molar refractivity (Wildman–Crippen MR) is 61.8 cm³/mol. The zero-order valence-corrected chi connectivity index (χ0v) is 10.5. The van der Waals surface area contributed by atoms with Crippen molar-refractivity contribution in [1.82, 2.24) is 14.8 Å². The van der Waals surface area contributed by atoms with Crippen molar-refractivity contribution in [2.45, 2.75) is 31.5 Å². The smallest absolute Gasteiger partial charge is 0.222 e. The first kappa shape index (κ1) is 12.3. The second kappa shape index (κ2) is 4.85. The van der Waals surface area contributed by atoms with Crippen LogP contribution in [0.15, 0.2) is 5.16 Å². The second-order valence-electron chi connectivity index (χ2n) is 4.21. The Morgan fingerprint density at radius 1 is 1.40 bits per heavy atom. The van der Waals surface area contributed by atoms with Crippen molar-refractivity contribution < 1.29 is 4.74 Å². The zero-order chi connectivity index (χ0) is 11.5. The van der Waals surface area contributed by atoms with E-state index in [0.717, 1.165) is 10.9 Å². The van der Waals surface area contributed by atoms with Crippen molar-refractivity contribution in [1.29, 1.82) is 0 Å². The Labute approximate surface area is 94.4 Å². The van der Waals surface area contributed by atoms with Gasteiger partial charge in [0, 0.05) is 12.8 Å². The summed E-state index contributed by atoms with van der Waals surface area (Å²) in [4.78, 5) is 0. The van der Waals surface area contributed by atoms with Crippen molar-refractivity contribution in [3.8, 4) is 0 Å². The summed E-state index contributed by atoms with van der Waals surface area (Å²) in [6.45, 7) is 6.81. The number of nitrogens with two attached hydrogens (primary N) is 1. The lowest BCUT2D eigenvalue weighted by molar-refractivity contribution is 0.00693. The summed E-state index contributed by atoms with van der Waals surface area (Å²) in [7, 11) is 1.85. The number of ether oxygens (including phenoxy) is 1. The second-order valence-corrected chi connectivity index (χ2v) is 5.27. The van der Waals surface area contributed by atoms with E-state index in [-0.39, 0.29) is 5.60 Å². The number of anilines is 1. The lowest BCUT2D eigenvalue weighted by Gasteiger charge is -2.18. The van der Waals surface area contributed by atoms with Gasteiger partial charge in [0.15, 0.2) is 5.16 Å². The molecule has 0 unspecified atom stereocenters. The molecule has 0 atom stereocenters. The largest absolute Gasteiger partial charge is 0.375 e. The standard InChI is InChI=1S/C9H18N4OS/c1-9(2,3)14-5-6-15-8-12-11-7(10)13(8)4/h5-6H2,1-4H3,(H2,10,11). The van der Waals surface area contributed by atoms with Crippen LogP contribution in [0.2, 0.25) is 0 Å². The molecular weight excluding hydrogens is 212 g/mol. The van der Waals surface area contributed by atoms with Gasteiger partial charge in [0.1, 0.15) is 0 Å². The van der Waals surface area contributed by atoms with Gasteiger partial charge in [-0.3, -0.25) is 4.57 Å². The number of thioether (sulfide) groups is 1. The van der Waals surface area contributed by atoms with Gasteiger partial charge < -0.3 is 10.5 Å². The predicted octanol–water partition coefficient (Wildman–Crippen LogP) is 1.30. The van der Waals surface area contributed by atoms with Crippen LogP contribution < -0.4 is 5.73 Å². The fraction of sp³-hybridized carbons (Fsp3) is 0.778. The van der Waals surface area contributed by atoms with Crippen LogP contribution in [0, 0.1) is 0 Å². The van der Waals surface area contributed by atoms with Crippen molar-refractivity contribution >= 4 is 17.7 Å². The van der Waals surface area contributed by atoms with E-state index in [4.69, 9.17) is 10.5 Å². The van der Waals surface area contributed by atoms with Gasteiger partial charge in [0.2, 0.25) is 5.95 Å². The maximum absolute atomic E-state index is 5.59. The van der Waals surface area contributed by atoms with Gasteiger partial charge in [0.25, 0.3) is 0 Å². The summed E-state index contributed by atoms with van der Waals surface area (Å²) in [5, 5.41) is 8.54.